The number of nitrogens with zero attached hydrogens (tertiary/aromatic N) is 1. The summed E-state index contributed by atoms with van der Waals surface area (Å²) in [7, 11) is 0. The van der Waals surface area contributed by atoms with Gasteiger partial charge in [-0.15, -0.1) is 0 Å². The van der Waals surface area contributed by atoms with Gasteiger partial charge in [-0.3, -0.25) is 0 Å². The minimum Gasteiger partial charge on any atom is -0.393 e. The molecule has 3 N–H and O–H groups in total. The number of rotatable bonds is 4. The molecule has 3 heteroatoms. The molecule has 96 valence electrons. The van der Waals surface area contributed by atoms with Crippen molar-refractivity contribution in [2.24, 2.45) is 0 Å². The second kappa shape index (κ2) is 5.03. The maximum atomic E-state index is 10.1. The summed E-state index contributed by atoms with van der Waals surface area (Å²) in [6.45, 7) is 8.55. The maximum Gasteiger partial charge on any atom is 0.0910 e. The summed E-state index contributed by atoms with van der Waals surface area (Å²) in [5.41, 5.74) is -0.243. The van der Waals surface area contributed by atoms with E-state index < -0.39 is 0 Å². The Bertz CT molecular complexity index is 200. The van der Waals surface area contributed by atoms with E-state index in [1.54, 1.807) is 0 Å². The highest BCUT2D eigenvalue weighted by molar-refractivity contribution is 5.02. The van der Waals surface area contributed by atoms with Gasteiger partial charge in [0.25, 0.3) is 0 Å². The molecule has 0 atom stereocenters. The standard InChI is InChI=1S/C13H27NO2/c1-5-12(6-2)9-11(15)10-13(7-3,8-4)14(12)16/h11,15-16H,5-10H2,1-4H3/p+1. The minimum absolute atomic E-state index is 0.121. The van der Waals surface area contributed by atoms with Crippen LogP contribution in [0, 0.1) is 0 Å². The number of aliphatic hydroxyl groups is 1. The summed E-state index contributed by atoms with van der Waals surface area (Å²) in [4.78, 5) is 0. The van der Waals surface area contributed by atoms with Gasteiger partial charge in [-0.1, -0.05) is 32.8 Å². The molecule has 3 nitrogen and oxygen atoms in total. The van der Waals surface area contributed by atoms with Crippen molar-refractivity contribution in [3.8, 4) is 0 Å². The van der Waals surface area contributed by atoms with Gasteiger partial charge in [-0.2, -0.15) is 0 Å². The monoisotopic (exact) mass is 230 g/mol. The lowest BCUT2D eigenvalue weighted by Gasteiger charge is -2.51. The summed E-state index contributed by atoms with van der Waals surface area (Å²) >= 11 is 0. The van der Waals surface area contributed by atoms with Crippen molar-refractivity contribution in [1.29, 1.82) is 0 Å². The van der Waals surface area contributed by atoms with E-state index in [2.05, 4.69) is 27.7 Å². The molecule has 0 bridgehead atoms. The average Bonchev–Trinajstić information content (AvgIpc) is 2.32. The van der Waals surface area contributed by atoms with Gasteiger partial charge in [0.2, 0.25) is 0 Å². The second-order valence-electron chi connectivity index (χ2n) is 5.26. The fourth-order valence-corrected chi connectivity index (χ4v) is 3.34. The van der Waals surface area contributed by atoms with E-state index >= 15 is 0 Å². The predicted molar refractivity (Wildman–Crippen MR) is 67.3 cm³/mol. The van der Waals surface area contributed by atoms with Crippen LogP contribution in [0.3, 0.4) is 0 Å². The fraction of sp³-hybridized carbons (Fsp3) is 1.00. The Labute approximate surface area is 99.4 Å². The molecule has 0 aromatic heterocycles. The minimum atomic E-state index is -0.235. The summed E-state index contributed by atoms with van der Waals surface area (Å²) in [6.07, 6.45) is 5.08. The highest BCUT2D eigenvalue weighted by Crippen LogP contribution is 2.44. The van der Waals surface area contributed by atoms with E-state index in [4.69, 9.17) is 5.21 Å². The van der Waals surface area contributed by atoms with Gasteiger partial charge in [0.1, 0.15) is 0 Å². The van der Waals surface area contributed by atoms with E-state index in [1.165, 1.54) is 0 Å². The normalized spacial score (nSPS) is 25.9. The average molecular weight is 230 g/mol. The van der Waals surface area contributed by atoms with E-state index in [1.807, 2.05) is 5.06 Å². The molecule has 0 saturated carbocycles. The second-order valence-corrected chi connectivity index (χ2v) is 5.26. The summed E-state index contributed by atoms with van der Waals surface area (Å²) in [5, 5.41) is 20.4. The summed E-state index contributed by atoms with van der Waals surface area (Å²) in [5.74, 6) is 0. The molecule has 16 heavy (non-hydrogen) atoms. The quantitative estimate of drug-likeness (QED) is 0.753. The Morgan fingerprint density at radius 2 is 1.31 bits per heavy atom. The fourth-order valence-electron chi connectivity index (χ4n) is 3.34. The molecular formula is C13H28NO2+. The lowest BCUT2D eigenvalue weighted by atomic mass is 9.72. The molecule has 0 aromatic carbocycles. The predicted octanol–water partition coefficient (Wildman–Crippen LogP) is 2.20. The van der Waals surface area contributed by atoms with E-state index in [0.717, 1.165) is 38.5 Å². The first-order valence-corrected chi connectivity index (χ1v) is 6.70. The van der Waals surface area contributed by atoms with Gasteiger partial charge < -0.3 is 10.3 Å². The van der Waals surface area contributed by atoms with Gasteiger partial charge in [0.05, 0.1) is 17.2 Å². The first kappa shape index (κ1) is 13.9. The SMILES string of the molecule is CCC1(CC)CC(O)CC(CC)(CC)N1[OH2+]. The largest absolute Gasteiger partial charge is 0.393 e. The summed E-state index contributed by atoms with van der Waals surface area (Å²) < 4.78 is 0. The van der Waals surface area contributed by atoms with E-state index in [9.17, 15) is 5.11 Å². The van der Waals surface area contributed by atoms with Crippen molar-refractivity contribution >= 4 is 0 Å². The molecule has 1 aliphatic rings. The molecule has 0 amide bonds. The van der Waals surface area contributed by atoms with Crippen LogP contribution in [-0.4, -0.2) is 32.6 Å². The Morgan fingerprint density at radius 1 is 1.00 bits per heavy atom. The number of aliphatic hydroxyl groups excluding tert-OH is 1. The van der Waals surface area contributed by atoms with Crippen LogP contribution in [0.25, 0.3) is 0 Å². The zero-order valence-electron chi connectivity index (χ0n) is 11.2. The molecule has 0 radical (unpaired) electrons. The Hall–Kier alpha value is -0.120. The van der Waals surface area contributed by atoms with Crippen molar-refractivity contribution in [2.75, 3.05) is 0 Å². The lowest BCUT2D eigenvalue weighted by molar-refractivity contribution is -0.281. The molecule has 0 spiro atoms. The van der Waals surface area contributed by atoms with Crippen molar-refractivity contribution in [2.45, 2.75) is 83.4 Å². The van der Waals surface area contributed by atoms with Gasteiger partial charge in [-0.05, 0) is 38.5 Å². The number of hydrogen-bond acceptors (Lipinski definition) is 2. The van der Waals surface area contributed by atoms with Gasteiger partial charge in [-0.25, -0.2) is 0 Å². The molecule has 0 aliphatic carbocycles. The zero-order valence-corrected chi connectivity index (χ0v) is 11.2. The topological polar surface area (TPSA) is 46.4 Å². The molecule has 1 aliphatic heterocycles. The van der Waals surface area contributed by atoms with Gasteiger partial charge >= 0.3 is 0 Å². The third-order valence-electron chi connectivity index (χ3n) is 4.81. The first-order valence-electron chi connectivity index (χ1n) is 6.70. The van der Waals surface area contributed by atoms with Crippen molar-refractivity contribution in [3.63, 3.8) is 0 Å². The Morgan fingerprint density at radius 3 is 1.56 bits per heavy atom. The van der Waals surface area contributed by atoms with E-state index in [-0.39, 0.29) is 17.2 Å². The third-order valence-corrected chi connectivity index (χ3v) is 4.81. The number of hydrogen-bond donors (Lipinski definition) is 1. The van der Waals surface area contributed by atoms with Crippen LogP contribution in [0.5, 0.6) is 0 Å². The number of hydroxylamine groups is 2. The molecule has 1 rings (SSSR count). The van der Waals surface area contributed by atoms with Crippen LogP contribution in [-0.2, 0) is 0 Å². The zero-order chi connectivity index (χ0) is 12.4. The highest BCUT2D eigenvalue weighted by Gasteiger charge is 2.54. The van der Waals surface area contributed by atoms with Gasteiger partial charge in [0.15, 0.2) is 0 Å². The van der Waals surface area contributed by atoms with Gasteiger partial charge in [0, 0.05) is 0 Å². The van der Waals surface area contributed by atoms with Crippen LogP contribution in [0.2, 0.25) is 0 Å². The third kappa shape index (κ3) is 2.01. The summed E-state index contributed by atoms with van der Waals surface area (Å²) in [6, 6.07) is 0. The molecule has 1 saturated heterocycles. The molecular weight excluding hydrogens is 202 g/mol. The molecule has 0 unspecified atom stereocenters. The maximum absolute atomic E-state index is 10.1. The van der Waals surface area contributed by atoms with E-state index in [0.29, 0.717) is 0 Å². The Balaban J connectivity index is 3.06. The Kier molecular flexibility index (Phi) is 4.38. The molecule has 0 aromatic rings. The van der Waals surface area contributed by atoms with Crippen LogP contribution < -0.4 is 0 Å². The van der Waals surface area contributed by atoms with Crippen LogP contribution in [0.15, 0.2) is 0 Å². The molecule has 1 heterocycles. The van der Waals surface area contributed by atoms with Crippen molar-refractivity contribution in [3.05, 3.63) is 0 Å². The smallest absolute Gasteiger partial charge is 0.0910 e. The van der Waals surface area contributed by atoms with Crippen molar-refractivity contribution in [1.82, 2.24) is 5.06 Å². The van der Waals surface area contributed by atoms with Crippen molar-refractivity contribution < 1.29 is 10.3 Å². The first-order chi connectivity index (χ1) is 7.50. The van der Waals surface area contributed by atoms with Crippen LogP contribution >= 0.6 is 0 Å². The van der Waals surface area contributed by atoms with Crippen LogP contribution in [0.1, 0.15) is 66.2 Å². The number of piperidine rings is 1. The highest BCUT2D eigenvalue weighted by atomic mass is 16.5. The van der Waals surface area contributed by atoms with Crippen LogP contribution in [0.4, 0.5) is 0 Å². The lowest BCUT2D eigenvalue weighted by Crippen LogP contribution is -2.64. The molecule has 1 fully saturated rings.